The van der Waals surface area contributed by atoms with Crippen molar-refractivity contribution in [3.63, 3.8) is 0 Å². The number of imidazole rings is 1. The summed E-state index contributed by atoms with van der Waals surface area (Å²) in [5.41, 5.74) is 9.62. The zero-order valence-electron chi connectivity index (χ0n) is 15.4. The van der Waals surface area contributed by atoms with Crippen LogP contribution in [0.2, 0.25) is 0 Å². The third kappa shape index (κ3) is 4.51. The third-order valence-electron chi connectivity index (χ3n) is 4.39. The second-order valence-corrected chi connectivity index (χ2v) is 8.24. The number of hydrogen-bond acceptors (Lipinski definition) is 7. The molecule has 0 saturated heterocycles. The molecule has 144 valence electrons. The first kappa shape index (κ1) is 19.0. The number of nitrogens with zero attached hydrogens (tertiary/aromatic N) is 5. The molecule has 0 saturated carbocycles. The van der Waals surface area contributed by atoms with E-state index in [4.69, 9.17) is 5.73 Å². The van der Waals surface area contributed by atoms with E-state index in [1.54, 1.807) is 12.4 Å². The zero-order chi connectivity index (χ0) is 19.4. The van der Waals surface area contributed by atoms with E-state index in [1.807, 2.05) is 13.8 Å². The fourth-order valence-corrected chi connectivity index (χ4v) is 3.98. The summed E-state index contributed by atoms with van der Waals surface area (Å²) in [4.78, 5) is 16.4. The van der Waals surface area contributed by atoms with Crippen molar-refractivity contribution in [3.05, 3.63) is 36.0 Å². The van der Waals surface area contributed by atoms with Crippen LogP contribution in [0, 0.1) is 13.8 Å². The summed E-state index contributed by atoms with van der Waals surface area (Å²) in [5.74, 6) is 0.567. The Morgan fingerprint density at radius 2 is 1.85 bits per heavy atom. The summed E-state index contributed by atoms with van der Waals surface area (Å²) in [6.45, 7) is 4.68. The Balaban J connectivity index is 1.53. The molecule has 0 fully saturated rings. The first-order valence-corrected chi connectivity index (χ1v) is 10.4. The monoisotopic (exact) mass is 389 g/mol. The van der Waals surface area contributed by atoms with Crippen molar-refractivity contribution >= 4 is 32.8 Å². The Bertz CT molecular complexity index is 1030. The van der Waals surface area contributed by atoms with Crippen LogP contribution >= 0.6 is 0 Å². The van der Waals surface area contributed by atoms with E-state index in [0.717, 1.165) is 36.2 Å². The lowest BCUT2D eigenvalue weighted by Crippen LogP contribution is -2.18. The molecule has 0 aliphatic rings. The normalized spacial score (nSPS) is 11.8. The van der Waals surface area contributed by atoms with Crippen LogP contribution in [0.4, 0.5) is 11.8 Å². The van der Waals surface area contributed by atoms with E-state index in [1.165, 1.54) is 12.4 Å². The predicted octanol–water partition coefficient (Wildman–Crippen LogP) is 2.03. The van der Waals surface area contributed by atoms with E-state index in [-0.39, 0.29) is 11.7 Å². The van der Waals surface area contributed by atoms with Crippen LogP contribution in [-0.2, 0) is 16.6 Å². The first-order valence-electron chi connectivity index (χ1n) is 8.72. The van der Waals surface area contributed by atoms with Crippen LogP contribution in [0.1, 0.15) is 30.5 Å². The summed E-state index contributed by atoms with van der Waals surface area (Å²) >= 11 is 0. The summed E-state index contributed by atoms with van der Waals surface area (Å²) < 4.78 is 28.6. The minimum Gasteiger partial charge on any atom is -0.382 e. The van der Waals surface area contributed by atoms with Crippen molar-refractivity contribution < 1.29 is 8.42 Å². The lowest BCUT2D eigenvalue weighted by atomic mass is 10.2. The van der Waals surface area contributed by atoms with Crippen molar-refractivity contribution in [3.8, 4) is 0 Å². The molecule has 0 radical (unpaired) electrons. The number of nitrogen functional groups attached to an aromatic ring is 1. The van der Waals surface area contributed by atoms with Gasteiger partial charge in [-0.1, -0.05) is 6.42 Å². The van der Waals surface area contributed by atoms with E-state index < -0.39 is 10.0 Å². The molecule has 3 aromatic heterocycles. The predicted molar refractivity (Wildman–Crippen MR) is 105 cm³/mol. The van der Waals surface area contributed by atoms with Gasteiger partial charge in [-0.15, -0.1) is 0 Å². The Labute approximate surface area is 158 Å². The van der Waals surface area contributed by atoms with Crippen molar-refractivity contribution in [1.82, 2.24) is 24.5 Å². The number of rotatable bonds is 8. The highest BCUT2D eigenvalue weighted by Gasteiger charge is 2.13. The Hall–Kier alpha value is -2.75. The molecule has 0 unspecified atom stereocenters. The Kier molecular flexibility index (Phi) is 5.54. The van der Waals surface area contributed by atoms with Crippen LogP contribution in [0.3, 0.4) is 0 Å². The van der Waals surface area contributed by atoms with Gasteiger partial charge in [-0.3, -0.25) is 4.72 Å². The molecule has 3 rings (SSSR count). The molecule has 0 atom stereocenters. The molecule has 10 heteroatoms. The number of aromatic nitrogens is 5. The highest BCUT2D eigenvalue weighted by molar-refractivity contribution is 7.92. The standard InChI is InChI=1S/C17H23N7O2S/c1-12-13(2)22-16(18)14-15(12)24(11-21-14)9-4-3-5-10-27(25,26)23-17-19-7-6-8-20-17/h6-8,11H,3-5,9-10H2,1-2H3,(H2,18,22)(H,19,20,23). The lowest BCUT2D eigenvalue weighted by Gasteiger charge is -2.09. The Morgan fingerprint density at radius 1 is 1.11 bits per heavy atom. The number of unbranched alkanes of at least 4 members (excludes halogenated alkanes) is 2. The molecule has 3 aromatic rings. The van der Waals surface area contributed by atoms with E-state index in [2.05, 4.69) is 29.2 Å². The van der Waals surface area contributed by atoms with Gasteiger partial charge >= 0.3 is 0 Å². The number of hydrogen-bond donors (Lipinski definition) is 2. The highest BCUT2D eigenvalue weighted by atomic mass is 32.2. The number of sulfonamides is 1. The van der Waals surface area contributed by atoms with Gasteiger partial charge in [0.25, 0.3) is 0 Å². The number of nitrogens with two attached hydrogens (primary N) is 1. The highest BCUT2D eigenvalue weighted by Crippen LogP contribution is 2.24. The molecule has 0 aromatic carbocycles. The van der Waals surface area contributed by atoms with E-state index in [9.17, 15) is 8.42 Å². The molecule has 0 aliphatic heterocycles. The quantitative estimate of drug-likeness (QED) is 0.564. The first-order chi connectivity index (χ1) is 12.9. The van der Waals surface area contributed by atoms with Gasteiger partial charge in [0.05, 0.1) is 17.6 Å². The van der Waals surface area contributed by atoms with Gasteiger partial charge in [-0.05, 0) is 38.3 Å². The number of nitrogens with one attached hydrogen (secondary N) is 1. The van der Waals surface area contributed by atoms with Gasteiger partial charge < -0.3 is 10.3 Å². The van der Waals surface area contributed by atoms with Gasteiger partial charge in [0.1, 0.15) is 5.52 Å². The van der Waals surface area contributed by atoms with Crippen LogP contribution in [0.15, 0.2) is 24.8 Å². The minimum absolute atomic E-state index is 0.0327. The maximum Gasteiger partial charge on any atom is 0.236 e. The van der Waals surface area contributed by atoms with Gasteiger partial charge in [-0.25, -0.2) is 28.4 Å². The fourth-order valence-electron chi connectivity index (χ4n) is 2.91. The fraction of sp³-hybridized carbons (Fsp3) is 0.412. The van der Waals surface area contributed by atoms with E-state index in [0.29, 0.717) is 17.8 Å². The number of anilines is 2. The average molecular weight is 389 g/mol. The molecule has 9 nitrogen and oxygen atoms in total. The number of aryl methyl sites for hydroxylation is 3. The number of fused-ring (bicyclic) bond motifs is 1. The van der Waals surface area contributed by atoms with Crippen molar-refractivity contribution in [2.45, 2.75) is 39.7 Å². The van der Waals surface area contributed by atoms with E-state index >= 15 is 0 Å². The summed E-state index contributed by atoms with van der Waals surface area (Å²) in [7, 11) is -3.44. The zero-order valence-corrected chi connectivity index (χ0v) is 16.2. The lowest BCUT2D eigenvalue weighted by molar-refractivity contribution is 0.584. The average Bonchev–Trinajstić information content (AvgIpc) is 3.04. The van der Waals surface area contributed by atoms with Gasteiger partial charge in [0.15, 0.2) is 5.82 Å². The smallest absolute Gasteiger partial charge is 0.236 e. The largest absolute Gasteiger partial charge is 0.382 e. The third-order valence-corrected chi connectivity index (χ3v) is 5.71. The molecule has 3 heterocycles. The van der Waals surface area contributed by atoms with Gasteiger partial charge in [0, 0.05) is 24.6 Å². The van der Waals surface area contributed by atoms with Crippen molar-refractivity contribution in [1.29, 1.82) is 0 Å². The maximum atomic E-state index is 12.1. The molecule has 0 aliphatic carbocycles. The second-order valence-electron chi connectivity index (χ2n) is 6.40. The number of pyridine rings is 1. The van der Waals surface area contributed by atoms with Crippen LogP contribution in [0.5, 0.6) is 0 Å². The molecular weight excluding hydrogens is 366 g/mol. The minimum atomic E-state index is -3.44. The Morgan fingerprint density at radius 3 is 2.59 bits per heavy atom. The molecule has 27 heavy (non-hydrogen) atoms. The van der Waals surface area contributed by atoms with Gasteiger partial charge in [0.2, 0.25) is 16.0 Å². The molecule has 3 N–H and O–H groups in total. The van der Waals surface area contributed by atoms with Crippen molar-refractivity contribution in [2.24, 2.45) is 0 Å². The van der Waals surface area contributed by atoms with Crippen LogP contribution in [-0.4, -0.2) is 38.7 Å². The maximum absolute atomic E-state index is 12.1. The van der Waals surface area contributed by atoms with Gasteiger partial charge in [-0.2, -0.15) is 0 Å². The topological polar surface area (TPSA) is 129 Å². The van der Waals surface area contributed by atoms with Crippen LogP contribution < -0.4 is 10.5 Å². The molecule has 0 amide bonds. The molecular formula is C17H23N7O2S. The van der Waals surface area contributed by atoms with Crippen molar-refractivity contribution in [2.75, 3.05) is 16.2 Å². The summed E-state index contributed by atoms with van der Waals surface area (Å²) in [6.07, 6.45) is 6.91. The summed E-state index contributed by atoms with van der Waals surface area (Å²) in [5, 5.41) is 0. The van der Waals surface area contributed by atoms with Crippen LogP contribution in [0.25, 0.3) is 11.0 Å². The molecule has 0 bridgehead atoms. The summed E-state index contributed by atoms with van der Waals surface area (Å²) in [6, 6.07) is 1.63. The molecule has 0 spiro atoms. The second kappa shape index (κ2) is 7.87. The SMILES string of the molecule is Cc1nc(N)c2ncn(CCCCCS(=O)(=O)Nc3ncccn3)c2c1C.